The Bertz CT molecular complexity index is 1280. The molecule has 0 radical (unpaired) electrons. The van der Waals surface area contributed by atoms with Gasteiger partial charge in [0.1, 0.15) is 6.54 Å². The summed E-state index contributed by atoms with van der Waals surface area (Å²) in [6.45, 7) is 0.207. The van der Waals surface area contributed by atoms with Crippen LogP contribution in [0.2, 0.25) is 0 Å². The number of aromatic nitrogens is 2. The van der Waals surface area contributed by atoms with Crippen molar-refractivity contribution in [2.75, 3.05) is 11.7 Å². The quantitative estimate of drug-likeness (QED) is 0.505. The first-order valence-electron chi connectivity index (χ1n) is 9.62. The van der Waals surface area contributed by atoms with E-state index in [9.17, 15) is 9.59 Å². The second kappa shape index (κ2) is 7.12. The van der Waals surface area contributed by atoms with E-state index in [-0.39, 0.29) is 19.2 Å². The largest absolute Gasteiger partial charge is 0.454 e. The zero-order chi connectivity index (χ0) is 21.8. The summed E-state index contributed by atoms with van der Waals surface area (Å²) in [4.78, 5) is 31.4. The molecule has 0 N–H and O–H groups in total. The van der Waals surface area contributed by atoms with E-state index in [1.807, 2.05) is 0 Å². The zero-order valence-electron chi connectivity index (χ0n) is 16.2. The van der Waals surface area contributed by atoms with Gasteiger partial charge in [0.2, 0.25) is 18.5 Å². The number of ether oxygens (including phenoxy) is 2. The average molecular weight is 497 g/mol. The molecule has 1 aromatic heterocycles. The van der Waals surface area contributed by atoms with Gasteiger partial charge in [0.15, 0.2) is 23.6 Å². The highest BCUT2D eigenvalue weighted by molar-refractivity contribution is 9.10. The topological polar surface area (TPSA) is 123 Å². The number of halogens is 1. The lowest BCUT2D eigenvalue weighted by molar-refractivity contribution is -0.123. The zero-order valence-corrected chi connectivity index (χ0v) is 17.8. The normalized spacial score (nSPS) is 21.0. The lowest BCUT2D eigenvalue weighted by Crippen LogP contribution is -2.39. The fraction of sp³-hybridized carbons (Fsp3) is 0.200. The van der Waals surface area contributed by atoms with E-state index in [2.05, 4.69) is 36.4 Å². The van der Waals surface area contributed by atoms with Crippen LogP contribution in [0.5, 0.6) is 11.5 Å². The lowest BCUT2D eigenvalue weighted by Gasteiger charge is -2.19. The van der Waals surface area contributed by atoms with Gasteiger partial charge in [-0.2, -0.15) is 10.1 Å². The van der Waals surface area contributed by atoms with E-state index < -0.39 is 23.9 Å². The molecule has 0 saturated carbocycles. The van der Waals surface area contributed by atoms with Crippen molar-refractivity contribution in [1.29, 1.82) is 0 Å². The minimum Gasteiger partial charge on any atom is -0.454 e. The van der Waals surface area contributed by atoms with E-state index in [4.69, 9.17) is 14.0 Å². The fourth-order valence-corrected chi connectivity index (χ4v) is 4.07. The van der Waals surface area contributed by atoms with E-state index >= 15 is 0 Å². The van der Waals surface area contributed by atoms with Crippen LogP contribution in [-0.4, -0.2) is 45.8 Å². The van der Waals surface area contributed by atoms with Crippen LogP contribution < -0.4 is 14.4 Å². The minimum absolute atomic E-state index is 0.0371. The van der Waals surface area contributed by atoms with Gasteiger partial charge in [0.25, 0.3) is 11.8 Å². The Hall–Kier alpha value is -3.80. The standard InChI is InChI=1S/C20H13BrN6O5/c21-11-2-4-12(5-3-11)27-19(28)16-17(20(27)29)26(25-23-16)8-15-22-18(24-32-15)10-1-6-13-14(7-10)31-9-30-13/h1-7,16-17H,8-9H2/t16-,17+/m1/s1. The monoisotopic (exact) mass is 496 g/mol. The molecule has 4 heterocycles. The summed E-state index contributed by atoms with van der Waals surface area (Å²) in [6.07, 6.45) is 0. The number of anilines is 1. The Morgan fingerprint density at radius 1 is 1.03 bits per heavy atom. The highest BCUT2D eigenvalue weighted by Crippen LogP contribution is 2.36. The molecule has 3 aromatic rings. The Kier molecular flexibility index (Phi) is 4.21. The Balaban J connectivity index is 1.22. The van der Waals surface area contributed by atoms with Crippen molar-refractivity contribution in [3.8, 4) is 22.9 Å². The van der Waals surface area contributed by atoms with Crippen molar-refractivity contribution in [3.05, 3.63) is 52.8 Å². The molecular formula is C20H13BrN6O5. The first kappa shape index (κ1) is 18.9. The second-order valence-electron chi connectivity index (χ2n) is 7.26. The number of hydrogen-bond donors (Lipinski definition) is 0. The van der Waals surface area contributed by atoms with Crippen molar-refractivity contribution in [1.82, 2.24) is 15.1 Å². The number of imide groups is 1. The molecule has 0 aliphatic carbocycles. The van der Waals surface area contributed by atoms with Gasteiger partial charge < -0.3 is 14.0 Å². The molecule has 160 valence electrons. The van der Waals surface area contributed by atoms with Crippen LogP contribution in [0.15, 0.2) is 61.8 Å². The predicted octanol–water partition coefficient (Wildman–Crippen LogP) is 2.72. The van der Waals surface area contributed by atoms with Gasteiger partial charge in [0, 0.05) is 10.0 Å². The first-order chi connectivity index (χ1) is 15.6. The lowest BCUT2D eigenvalue weighted by atomic mass is 10.1. The summed E-state index contributed by atoms with van der Waals surface area (Å²) in [6, 6.07) is 10.5. The van der Waals surface area contributed by atoms with Gasteiger partial charge in [-0.05, 0) is 42.5 Å². The molecule has 6 rings (SSSR count). The van der Waals surface area contributed by atoms with Crippen molar-refractivity contribution >= 4 is 33.4 Å². The number of fused-ring (bicyclic) bond motifs is 2. The van der Waals surface area contributed by atoms with Crippen LogP contribution in [-0.2, 0) is 16.1 Å². The second-order valence-corrected chi connectivity index (χ2v) is 8.18. The van der Waals surface area contributed by atoms with E-state index in [1.165, 1.54) is 5.01 Å². The Labute approximate surface area is 188 Å². The highest BCUT2D eigenvalue weighted by Gasteiger charge is 2.55. The summed E-state index contributed by atoms with van der Waals surface area (Å²) >= 11 is 3.35. The van der Waals surface area contributed by atoms with Crippen LogP contribution >= 0.6 is 15.9 Å². The molecule has 2 atom stereocenters. The SMILES string of the molecule is O=C1[C@@H]2[C@@H](N=NN2Cc2nc(-c3ccc4c(c3)OCO4)no2)C(=O)N1c1ccc(Br)cc1. The maximum Gasteiger partial charge on any atom is 0.263 e. The van der Waals surface area contributed by atoms with Gasteiger partial charge in [-0.3, -0.25) is 14.6 Å². The Morgan fingerprint density at radius 2 is 1.84 bits per heavy atom. The number of hydrogen-bond acceptors (Lipinski definition) is 10. The van der Waals surface area contributed by atoms with Crippen LogP contribution in [0, 0.1) is 0 Å². The van der Waals surface area contributed by atoms with E-state index in [1.54, 1.807) is 42.5 Å². The number of carbonyl (C=O) groups excluding carboxylic acids is 2. The molecule has 3 aliphatic rings. The van der Waals surface area contributed by atoms with Crippen LogP contribution in [0.25, 0.3) is 11.4 Å². The molecule has 32 heavy (non-hydrogen) atoms. The third kappa shape index (κ3) is 2.94. The van der Waals surface area contributed by atoms with E-state index in [0.717, 1.165) is 9.37 Å². The third-order valence-electron chi connectivity index (χ3n) is 5.34. The van der Waals surface area contributed by atoms with Crippen LogP contribution in [0.3, 0.4) is 0 Å². The summed E-state index contributed by atoms with van der Waals surface area (Å²) in [7, 11) is 0. The fourth-order valence-electron chi connectivity index (χ4n) is 3.81. The molecule has 11 nitrogen and oxygen atoms in total. The van der Waals surface area contributed by atoms with Crippen molar-refractivity contribution < 1.29 is 23.6 Å². The van der Waals surface area contributed by atoms with Gasteiger partial charge in [0.05, 0.1) is 5.69 Å². The van der Waals surface area contributed by atoms with Gasteiger partial charge in [-0.1, -0.05) is 26.3 Å². The molecular weight excluding hydrogens is 484 g/mol. The Morgan fingerprint density at radius 3 is 2.69 bits per heavy atom. The molecule has 0 spiro atoms. The molecule has 2 aromatic carbocycles. The van der Waals surface area contributed by atoms with Crippen LogP contribution in [0.4, 0.5) is 5.69 Å². The maximum atomic E-state index is 13.1. The first-order valence-corrected chi connectivity index (χ1v) is 10.4. The number of benzene rings is 2. The predicted molar refractivity (Wildman–Crippen MR) is 110 cm³/mol. The summed E-state index contributed by atoms with van der Waals surface area (Å²) in [5.41, 5.74) is 1.18. The smallest absolute Gasteiger partial charge is 0.263 e. The molecule has 0 bridgehead atoms. The molecule has 1 saturated heterocycles. The maximum absolute atomic E-state index is 13.1. The molecule has 0 unspecified atom stereocenters. The van der Waals surface area contributed by atoms with Crippen LogP contribution in [0.1, 0.15) is 5.89 Å². The number of carbonyl (C=O) groups is 2. The minimum atomic E-state index is -0.901. The average Bonchev–Trinajstić information content (AvgIpc) is 3.57. The van der Waals surface area contributed by atoms with E-state index in [0.29, 0.717) is 28.6 Å². The van der Waals surface area contributed by atoms with Gasteiger partial charge >= 0.3 is 0 Å². The van der Waals surface area contributed by atoms with Crippen molar-refractivity contribution in [2.24, 2.45) is 10.3 Å². The van der Waals surface area contributed by atoms with Crippen molar-refractivity contribution in [2.45, 2.75) is 18.6 Å². The van der Waals surface area contributed by atoms with Gasteiger partial charge in [-0.25, -0.2) is 4.90 Å². The van der Waals surface area contributed by atoms with Crippen molar-refractivity contribution in [3.63, 3.8) is 0 Å². The summed E-state index contributed by atoms with van der Waals surface area (Å²) < 4.78 is 16.9. The number of amides is 2. The summed E-state index contributed by atoms with van der Waals surface area (Å²) in [5.74, 6) is 1.03. The number of rotatable bonds is 4. The molecule has 2 amide bonds. The van der Waals surface area contributed by atoms with Gasteiger partial charge in [-0.15, -0.1) is 0 Å². The molecule has 3 aliphatic heterocycles. The summed E-state index contributed by atoms with van der Waals surface area (Å²) in [5, 5.41) is 13.4. The third-order valence-corrected chi connectivity index (χ3v) is 5.87. The highest BCUT2D eigenvalue weighted by atomic mass is 79.9. The number of nitrogens with zero attached hydrogens (tertiary/aromatic N) is 6. The molecule has 12 heteroatoms. The molecule has 1 fully saturated rings.